The van der Waals surface area contributed by atoms with Crippen LogP contribution in [0.4, 0.5) is 17.6 Å². The van der Waals surface area contributed by atoms with Crippen LogP contribution in [0.15, 0.2) is 30.5 Å². The fraction of sp³-hybridized carbons (Fsp3) is 0.111. The van der Waals surface area contributed by atoms with Crippen molar-refractivity contribution in [1.29, 1.82) is 0 Å². The molecule has 0 saturated carbocycles. The standard InChI is InChI=1S/C18H11F4NO2/c1-2-9-10-3-4-13(20)15(17(10)23-7-12(9)18(24)25)11-5-8(19)6-14(21)16(11)22/h3-7H,2H2,1H3,(H,24,25). The predicted octanol–water partition coefficient (Wildman–Crippen LogP) is 4.72. The molecule has 0 amide bonds. The van der Waals surface area contributed by atoms with Gasteiger partial charge in [-0.2, -0.15) is 0 Å². The number of aromatic carboxylic acids is 1. The van der Waals surface area contributed by atoms with E-state index >= 15 is 0 Å². The monoisotopic (exact) mass is 349 g/mol. The number of aromatic nitrogens is 1. The Morgan fingerprint density at radius 2 is 1.84 bits per heavy atom. The van der Waals surface area contributed by atoms with E-state index in [1.54, 1.807) is 6.92 Å². The average Bonchev–Trinajstić information content (AvgIpc) is 2.57. The minimum atomic E-state index is -1.45. The smallest absolute Gasteiger partial charge is 0.337 e. The number of halogens is 4. The van der Waals surface area contributed by atoms with Gasteiger partial charge in [-0.3, -0.25) is 4.98 Å². The molecule has 1 heterocycles. The maximum absolute atomic E-state index is 14.4. The first kappa shape index (κ1) is 16.9. The molecule has 3 nitrogen and oxygen atoms in total. The number of pyridine rings is 1. The molecule has 1 aromatic heterocycles. The number of carboxylic acids is 1. The molecule has 0 radical (unpaired) electrons. The summed E-state index contributed by atoms with van der Waals surface area (Å²) >= 11 is 0. The number of nitrogens with zero attached hydrogens (tertiary/aromatic N) is 1. The van der Waals surface area contributed by atoms with E-state index in [9.17, 15) is 27.5 Å². The molecule has 3 rings (SSSR count). The van der Waals surface area contributed by atoms with Crippen molar-refractivity contribution in [2.45, 2.75) is 13.3 Å². The van der Waals surface area contributed by atoms with Gasteiger partial charge < -0.3 is 5.11 Å². The summed E-state index contributed by atoms with van der Waals surface area (Å²) in [6.45, 7) is 1.70. The third kappa shape index (κ3) is 2.71. The normalized spacial score (nSPS) is 11.1. The van der Waals surface area contributed by atoms with E-state index in [1.165, 1.54) is 6.07 Å². The van der Waals surface area contributed by atoms with Crippen LogP contribution in [0.5, 0.6) is 0 Å². The van der Waals surface area contributed by atoms with Crippen molar-refractivity contribution >= 4 is 16.9 Å². The summed E-state index contributed by atoms with van der Waals surface area (Å²) in [6, 6.07) is 3.34. The lowest BCUT2D eigenvalue weighted by molar-refractivity contribution is 0.0695. The second-order valence-electron chi connectivity index (χ2n) is 5.38. The molecule has 0 aliphatic heterocycles. The third-order valence-corrected chi connectivity index (χ3v) is 3.95. The molecular formula is C18H11F4NO2. The van der Waals surface area contributed by atoms with Gasteiger partial charge in [-0.05, 0) is 30.2 Å². The molecule has 0 aliphatic rings. The Labute approximate surface area is 139 Å². The van der Waals surface area contributed by atoms with E-state index in [1.807, 2.05) is 0 Å². The van der Waals surface area contributed by atoms with Crippen LogP contribution in [0.1, 0.15) is 22.8 Å². The van der Waals surface area contributed by atoms with Gasteiger partial charge in [0.25, 0.3) is 0 Å². The van der Waals surface area contributed by atoms with Crippen LogP contribution >= 0.6 is 0 Å². The molecule has 7 heteroatoms. The van der Waals surface area contributed by atoms with E-state index in [-0.39, 0.29) is 16.5 Å². The zero-order valence-corrected chi connectivity index (χ0v) is 12.9. The zero-order valence-electron chi connectivity index (χ0n) is 12.9. The maximum Gasteiger partial charge on any atom is 0.337 e. The van der Waals surface area contributed by atoms with Crippen molar-refractivity contribution < 1.29 is 27.5 Å². The topological polar surface area (TPSA) is 50.2 Å². The molecule has 0 spiro atoms. The van der Waals surface area contributed by atoms with E-state index in [0.29, 0.717) is 24.1 Å². The van der Waals surface area contributed by atoms with Crippen LogP contribution in [-0.4, -0.2) is 16.1 Å². The molecule has 3 aromatic rings. The molecule has 0 saturated heterocycles. The number of carbonyl (C=O) groups is 1. The quantitative estimate of drug-likeness (QED) is 0.550. The van der Waals surface area contributed by atoms with Crippen molar-refractivity contribution in [3.63, 3.8) is 0 Å². The average molecular weight is 349 g/mol. The summed E-state index contributed by atoms with van der Waals surface area (Å²) in [7, 11) is 0. The fourth-order valence-electron chi connectivity index (χ4n) is 2.86. The largest absolute Gasteiger partial charge is 0.478 e. The Balaban J connectivity index is 2.45. The summed E-state index contributed by atoms with van der Waals surface area (Å²) in [6.07, 6.45) is 1.33. The number of aryl methyl sites for hydroxylation is 1. The van der Waals surface area contributed by atoms with Gasteiger partial charge in [0.1, 0.15) is 11.6 Å². The Bertz CT molecular complexity index is 1020. The lowest BCUT2D eigenvalue weighted by Crippen LogP contribution is -2.05. The van der Waals surface area contributed by atoms with Gasteiger partial charge in [0, 0.05) is 28.8 Å². The minimum Gasteiger partial charge on any atom is -0.478 e. The van der Waals surface area contributed by atoms with Crippen molar-refractivity contribution in [1.82, 2.24) is 4.98 Å². The summed E-state index contributed by atoms with van der Waals surface area (Å²) in [5.74, 6) is -6.06. The highest BCUT2D eigenvalue weighted by Gasteiger charge is 2.22. The van der Waals surface area contributed by atoms with Gasteiger partial charge >= 0.3 is 5.97 Å². The van der Waals surface area contributed by atoms with Gasteiger partial charge in [-0.25, -0.2) is 22.4 Å². The second kappa shape index (κ2) is 6.16. The molecular weight excluding hydrogens is 338 g/mol. The number of hydrogen-bond acceptors (Lipinski definition) is 2. The molecule has 0 unspecified atom stereocenters. The van der Waals surface area contributed by atoms with Gasteiger partial charge in [0.05, 0.1) is 11.1 Å². The number of rotatable bonds is 3. The second-order valence-corrected chi connectivity index (χ2v) is 5.38. The first-order valence-electron chi connectivity index (χ1n) is 7.33. The molecule has 0 atom stereocenters. The Morgan fingerprint density at radius 1 is 1.12 bits per heavy atom. The van der Waals surface area contributed by atoms with Crippen molar-refractivity contribution in [2.75, 3.05) is 0 Å². The molecule has 0 bridgehead atoms. The summed E-state index contributed by atoms with van der Waals surface area (Å²) < 4.78 is 55.6. The van der Waals surface area contributed by atoms with E-state index in [2.05, 4.69) is 4.98 Å². The maximum atomic E-state index is 14.4. The molecule has 0 fully saturated rings. The lowest BCUT2D eigenvalue weighted by Gasteiger charge is -2.13. The van der Waals surface area contributed by atoms with E-state index in [0.717, 1.165) is 12.3 Å². The van der Waals surface area contributed by atoms with Crippen LogP contribution in [0, 0.1) is 23.3 Å². The number of benzene rings is 2. The zero-order chi connectivity index (χ0) is 18.3. The van der Waals surface area contributed by atoms with Crippen LogP contribution in [0.3, 0.4) is 0 Å². The third-order valence-electron chi connectivity index (χ3n) is 3.95. The summed E-state index contributed by atoms with van der Waals surface area (Å²) in [5.41, 5.74) is -0.793. The van der Waals surface area contributed by atoms with Crippen LogP contribution in [0.25, 0.3) is 22.0 Å². The summed E-state index contributed by atoms with van der Waals surface area (Å²) in [4.78, 5) is 15.2. The molecule has 25 heavy (non-hydrogen) atoms. The lowest BCUT2D eigenvalue weighted by atomic mass is 9.95. The van der Waals surface area contributed by atoms with Crippen molar-refractivity contribution in [2.24, 2.45) is 0 Å². The number of fused-ring (bicyclic) bond motifs is 1. The highest BCUT2D eigenvalue weighted by molar-refractivity contribution is 6.01. The van der Waals surface area contributed by atoms with Crippen LogP contribution in [-0.2, 0) is 6.42 Å². The highest BCUT2D eigenvalue weighted by Crippen LogP contribution is 2.35. The molecule has 2 aromatic carbocycles. The van der Waals surface area contributed by atoms with Crippen molar-refractivity contribution in [3.05, 3.63) is 64.9 Å². The van der Waals surface area contributed by atoms with Gasteiger partial charge in [0.2, 0.25) is 0 Å². The summed E-state index contributed by atoms with van der Waals surface area (Å²) in [5, 5.41) is 9.52. The van der Waals surface area contributed by atoms with Gasteiger partial charge in [-0.15, -0.1) is 0 Å². The fourth-order valence-corrected chi connectivity index (χ4v) is 2.86. The first-order valence-corrected chi connectivity index (χ1v) is 7.33. The molecule has 1 N–H and O–H groups in total. The Hall–Kier alpha value is -2.96. The molecule has 0 aliphatic carbocycles. The molecule has 128 valence electrons. The predicted molar refractivity (Wildman–Crippen MR) is 83.3 cm³/mol. The Kier molecular flexibility index (Phi) is 4.16. The van der Waals surface area contributed by atoms with Crippen LogP contribution < -0.4 is 0 Å². The van der Waals surface area contributed by atoms with E-state index in [4.69, 9.17) is 0 Å². The first-order chi connectivity index (χ1) is 11.8. The van der Waals surface area contributed by atoms with Crippen LogP contribution in [0.2, 0.25) is 0 Å². The van der Waals surface area contributed by atoms with E-state index < -0.39 is 40.4 Å². The highest BCUT2D eigenvalue weighted by atomic mass is 19.2. The van der Waals surface area contributed by atoms with Gasteiger partial charge in [-0.1, -0.05) is 6.92 Å². The Morgan fingerprint density at radius 3 is 2.48 bits per heavy atom. The van der Waals surface area contributed by atoms with Gasteiger partial charge in [0.15, 0.2) is 11.6 Å². The SMILES string of the molecule is CCc1c(C(=O)O)cnc2c(-c3cc(F)cc(F)c3F)c(F)ccc12. The number of carboxylic acid groups (broad SMARTS) is 1. The van der Waals surface area contributed by atoms with Crippen molar-refractivity contribution in [3.8, 4) is 11.1 Å². The number of hydrogen-bond donors (Lipinski definition) is 1. The minimum absolute atomic E-state index is 0.0641.